The second kappa shape index (κ2) is 7.90. The summed E-state index contributed by atoms with van der Waals surface area (Å²) in [4.78, 5) is 29.7. The van der Waals surface area contributed by atoms with Gasteiger partial charge in [0.25, 0.3) is 5.56 Å². The molecular weight excluding hydrogens is 425 g/mol. The number of esters is 1. The molecule has 3 rings (SSSR count). The molecule has 0 aliphatic carbocycles. The minimum absolute atomic E-state index is 0.0853. The Labute approximate surface area is 168 Å². The number of aryl methyl sites for hydroxylation is 1. The van der Waals surface area contributed by atoms with E-state index in [9.17, 15) is 31.2 Å². The number of carbonyl (C=O) groups excluding carboxylic acids is 1. The number of benzene rings is 2. The SMILES string of the molecule is CS(=O)(=O)CCc1ccccc1-c1cc(OC(=O)C(F)(F)F)c2nc[nH]c(=O)c2c1. The third-order valence-electron chi connectivity index (χ3n) is 4.21. The molecule has 2 aromatic carbocycles. The number of aromatic nitrogens is 2. The zero-order valence-corrected chi connectivity index (χ0v) is 16.3. The summed E-state index contributed by atoms with van der Waals surface area (Å²) in [6, 6.07) is 9.18. The van der Waals surface area contributed by atoms with E-state index in [0.29, 0.717) is 11.1 Å². The van der Waals surface area contributed by atoms with Crippen molar-refractivity contribution in [3.8, 4) is 16.9 Å². The Kier molecular flexibility index (Phi) is 5.66. The van der Waals surface area contributed by atoms with Crippen LogP contribution < -0.4 is 10.3 Å². The molecule has 0 aliphatic heterocycles. The maximum Gasteiger partial charge on any atom is 0.491 e. The molecular formula is C19H15F3N2O5S. The van der Waals surface area contributed by atoms with Gasteiger partial charge in [0.1, 0.15) is 15.4 Å². The first-order chi connectivity index (χ1) is 14.0. The van der Waals surface area contributed by atoms with E-state index >= 15 is 0 Å². The van der Waals surface area contributed by atoms with E-state index in [1.165, 1.54) is 6.07 Å². The molecule has 7 nitrogen and oxygen atoms in total. The van der Waals surface area contributed by atoms with E-state index in [1.807, 2.05) is 0 Å². The number of ether oxygens (including phenoxy) is 1. The molecule has 0 spiro atoms. The number of rotatable bonds is 5. The Bertz CT molecular complexity index is 1280. The van der Waals surface area contributed by atoms with Crippen molar-refractivity contribution in [2.24, 2.45) is 0 Å². The van der Waals surface area contributed by atoms with Gasteiger partial charge in [0.15, 0.2) is 5.75 Å². The fourth-order valence-electron chi connectivity index (χ4n) is 2.85. The molecule has 11 heteroatoms. The lowest BCUT2D eigenvalue weighted by atomic mass is 9.96. The van der Waals surface area contributed by atoms with Crippen molar-refractivity contribution in [1.82, 2.24) is 9.97 Å². The van der Waals surface area contributed by atoms with Crippen molar-refractivity contribution in [1.29, 1.82) is 0 Å². The minimum atomic E-state index is -5.24. The van der Waals surface area contributed by atoms with Gasteiger partial charge in [0.2, 0.25) is 0 Å². The van der Waals surface area contributed by atoms with Crippen molar-refractivity contribution in [2.45, 2.75) is 12.6 Å². The van der Waals surface area contributed by atoms with Gasteiger partial charge in [-0.15, -0.1) is 0 Å². The molecule has 0 fully saturated rings. The standard InChI is InChI=1S/C19H15F3N2O5S/c1-30(27,28)7-6-11-4-2-3-5-13(11)12-8-14-16(23-10-24-17(14)25)15(9-12)29-18(26)19(20,21)22/h2-5,8-10H,6-7H2,1H3,(H,23,24,25). The predicted molar refractivity (Wildman–Crippen MR) is 103 cm³/mol. The summed E-state index contributed by atoms with van der Waals surface area (Å²) in [6.45, 7) is 0. The lowest BCUT2D eigenvalue weighted by molar-refractivity contribution is -0.189. The highest BCUT2D eigenvalue weighted by Gasteiger charge is 2.41. The van der Waals surface area contributed by atoms with Crippen molar-refractivity contribution < 1.29 is 31.1 Å². The van der Waals surface area contributed by atoms with Gasteiger partial charge in [-0.2, -0.15) is 13.2 Å². The van der Waals surface area contributed by atoms with Gasteiger partial charge < -0.3 is 9.72 Å². The summed E-state index contributed by atoms with van der Waals surface area (Å²) >= 11 is 0. The Morgan fingerprint density at radius 3 is 2.57 bits per heavy atom. The highest BCUT2D eigenvalue weighted by atomic mass is 32.2. The molecule has 1 heterocycles. The number of fused-ring (bicyclic) bond motifs is 1. The smallest absolute Gasteiger partial charge is 0.418 e. The van der Waals surface area contributed by atoms with Crippen LogP contribution in [0.3, 0.4) is 0 Å². The average Bonchev–Trinajstić information content (AvgIpc) is 2.66. The van der Waals surface area contributed by atoms with Crippen LogP contribution in [0.4, 0.5) is 13.2 Å². The van der Waals surface area contributed by atoms with E-state index in [-0.39, 0.29) is 28.6 Å². The van der Waals surface area contributed by atoms with Crippen LogP contribution in [0.2, 0.25) is 0 Å². The minimum Gasteiger partial charge on any atom is -0.418 e. The molecule has 0 aliphatic rings. The van der Waals surface area contributed by atoms with Crippen LogP contribution >= 0.6 is 0 Å². The Morgan fingerprint density at radius 2 is 1.90 bits per heavy atom. The van der Waals surface area contributed by atoms with E-state index < -0.39 is 33.3 Å². The second-order valence-electron chi connectivity index (χ2n) is 6.53. The molecule has 0 unspecified atom stereocenters. The van der Waals surface area contributed by atoms with Crippen molar-refractivity contribution in [3.63, 3.8) is 0 Å². The molecule has 1 aromatic heterocycles. The number of nitrogens with zero attached hydrogens (tertiary/aromatic N) is 1. The number of hydrogen-bond acceptors (Lipinski definition) is 6. The number of nitrogens with one attached hydrogen (secondary N) is 1. The molecule has 0 amide bonds. The van der Waals surface area contributed by atoms with Gasteiger partial charge in [0.05, 0.1) is 17.5 Å². The maximum absolute atomic E-state index is 12.7. The second-order valence-corrected chi connectivity index (χ2v) is 8.79. The number of alkyl halides is 3. The highest BCUT2D eigenvalue weighted by molar-refractivity contribution is 7.90. The molecule has 0 radical (unpaired) electrons. The predicted octanol–water partition coefficient (Wildman–Crippen LogP) is 2.64. The highest BCUT2D eigenvalue weighted by Crippen LogP contribution is 2.33. The fourth-order valence-corrected chi connectivity index (χ4v) is 3.44. The first kappa shape index (κ1) is 21.5. The molecule has 30 heavy (non-hydrogen) atoms. The van der Waals surface area contributed by atoms with Crippen LogP contribution in [0.15, 0.2) is 47.5 Å². The number of sulfone groups is 1. The van der Waals surface area contributed by atoms with Crippen molar-refractivity contribution in [2.75, 3.05) is 12.0 Å². The third kappa shape index (κ3) is 4.85. The van der Waals surface area contributed by atoms with E-state index in [1.54, 1.807) is 24.3 Å². The van der Waals surface area contributed by atoms with Gasteiger partial charge in [-0.3, -0.25) is 4.79 Å². The van der Waals surface area contributed by atoms with Gasteiger partial charge in [0, 0.05) is 6.26 Å². The maximum atomic E-state index is 12.7. The third-order valence-corrected chi connectivity index (χ3v) is 5.16. The van der Waals surface area contributed by atoms with Gasteiger partial charge in [-0.05, 0) is 35.2 Å². The molecule has 1 N–H and O–H groups in total. The molecule has 0 atom stereocenters. The molecule has 0 saturated heterocycles. The van der Waals surface area contributed by atoms with E-state index in [2.05, 4.69) is 14.7 Å². The lowest BCUT2D eigenvalue weighted by Gasteiger charge is -2.13. The van der Waals surface area contributed by atoms with Crippen LogP contribution in [0, 0.1) is 0 Å². The summed E-state index contributed by atoms with van der Waals surface area (Å²) < 4.78 is 65.6. The summed E-state index contributed by atoms with van der Waals surface area (Å²) in [5, 5.41) is -0.0853. The summed E-state index contributed by atoms with van der Waals surface area (Å²) in [7, 11) is -3.26. The van der Waals surface area contributed by atoms with Crippen LogP contribution in [0.5, 0.6) is 5.75 Å². The zero-order chi connectivity index (χ0) is 22.1. The topological polar surface area (TPSA) is 106 Å². The normalized spacial score (nSPS) is 12.1. The Hall–Kier alpha value is -3.21. The largest absolute Gasteiger partial charge is 0.491 e. The van der Waals surface area contributed by atoms with Crippen LogP contribution in [0.1, 0.15) is 5.56 Å². The summed E-state index contributed by atoms with van der Waals surface area (Å²) in [5.74, 6) is -3.13. The zero-order valence-electron chi connectivity index (χ0n) is 15.5. The first-order valence-corrected chi connectivity index (χ1v) is 10.6. The van der Waals surface area contributed by atoms with Crippen molar-refractivity contribution in [3.05, 3.63) is 58.6 Å². The van der Waals surface area contributed by atoms with Gasteiger partial charge >= 0.3 is 12.1 Å². The molecule has 0 bridgehead atoms. The van der Waals surface area contributed by atoms with Crippen molar-refractivity contribution >= 4 is 26.7 Å². The quantitative estimate of drug-likeness (QED) is 0.483. The van der Waals surface area contributed by atoms with E-state index in [0.717, 1.165) is 18.6 Å². The number of halogens is 3. The summed E-state index contributed by atoms with van der Waals surface area (Å²) in [5.41, 5.74) is 0.495. The number of hydrogen-bond donors (Lipinski definition) is 1. The first-order valence-electron chi connectivity index (χ1n) is 8.52. The fraction of sp³-hybridized carbons (Fsp3) is 0.211. The molecule has 158 valence electrons. The number of carbonyl (C=O) groups is 1. The van der Waals surface area contributed by atoms with E-state index in [4.69, 9.17) is 0 Å². The average molecular weight is 440 g/mol. The van der Waals surface area contributed by atoms with Crippen LogP contribution in [0.25, 0.3) is 22.0 Å². The molecule has 0 saturated carbocycles. The monoisotopic (exact) mass is 440 g/mol. The summed E-state index contributed by atoms with van der Waals surface area (Å²) in [6.07, 6.45) is -3.02. The Morgan fingerprint density at radius 1 is 1.20 bits per heavy atom. The number of aromatic amines is 1. The molecule has 3 aromatic rings. The lowest BCUT2D eigenvalue weighted by Crippen LogP contribution is -2.28. The number of H-pyrrole nitrogens is 1. The van der Waals surface area contributed by atoms with Crippen LogP contribution in [-0.2, 0) is 21.1 Å². The Balaban J connectivity index is 2.18. The van der Waals surface area contributed by atoms with Crippen LogP contribution in [-0.4, -0.2) is 42.5 Å². The van der Waals surface area contributed by atoms with Gasteiger partial charge in [-0.25, -0.2) is 18.2 Å². The van der Waals surface area contributed by atoms with Gasteiger partial charge in [-0.1, -0.05) is 24.3 Å².